The Bertz CT molecular complexity index is 934. The van der Waals surface area contributed by atoms with Crippen LogP contribution in [-0.4, -0.2) is 37.3 Å². The van der Waals surface area contributed by atoms with Crippen LogP contribution in [0.2, 0.25) is 0 Å². The van der Waals surface area contributed by atoms with Gasteiger partial charge < -0.3 is 0 Å². The lowest BCUT2D eigenvalue weighted by Gasteiger charge is -2.28. The standard InChI is InChI=1S/C18H17F3N2O2S/c1-12-3-7-14(8-4-12)17-22-11-16(18(19,20)21)23(17)26(24,25)15-9-5-13(2)6-10-15/h3-10,16H,11H2,1-2H3. The summed E-state index contributed by atoms with van der Waals surface area (Å²) in [7, 11) is -4.41. The van der Waals surface area contributed by atoms with E-state index in [2.05, 4.69) is 4.99 Å². The average Bonchev–Trinajstić information content (AvgIpc) is 3.02. The van der Waals surface area contributed by atoms with Gasteiger partial charge in [0.2, 0.25) is 0 Å². The predicted molar refractivity (Wildman–Crippen MR) is 92.6 cm³/mol. The van der Waals surface area contributed by atoms with E-state index in [-0.39, 0.29) is 10.7 Å². The second kappa shape index (κ2) is 6.42. The summed E-state index contributed by atoms with van der Waals surface area (Å²) in [5, 5.41) is 0. The molecule has 1 aliphatic heterocycles. The van der Waals surface area contributed by atoms with Gasteiger partial charge in [-0.2, -0.15) is 13.2 Å². The number of alkyl halides is 3. The van der Waals surface area contributed by atoms with Crippen LogP contribution in [0.1, 0.15) is 16.7 Å². The fourth-order valence-electron chi connectivity index (χ4n) is 2.73. The van der Waals surface area contributed by atoms with Crippen molar-refractivity contribution >= 4 is 15.9 Å². The van der Waals surface area contributed by atoms with Crippen molar-refractivity contribution in [2.75, 3.05) is 6.54 Å². The molecule has 138 valence electrons. The van der Waals surface area contributed by atoms with Crippen molar-refractivity contribution in [2.45, 2.75) is 31.0 Å². The predicted octanol–water partition coefficient (Wildman–Crippen LogP) is 3.69. The molecule has 0 saturated heterocycles. The molecule has 0 amide bonds. The number of hydrogen-bond donors (Lipinski definition) is 0. The van der Waals surface area contributed by atoms with Gasteiger partial charge in [0.1, 0.15) is 5.84 Å². The molecule has 0 aromatic heterocycles. The Morgan fingerprint density at radius 3 is 1.96 bits per heavy atom. The molecule has 0 aliphatic carbocycles. The van der Waals surface area contributed by atoms with Gasteiger partial charge in [0, 0.05) is 5.56 Å². The quantitative estimate of drug-likeness (QED) is 0.813. The third kappa shape index (κ3) is 3.33. The van der Waals surface area contributed by atoms with Crippen molar-refractivity contribution in [2.24, 2.45) is 4.99 Å². The molecule has 0 bridgehead atoms. The highest BCUT2D eigenvalue weighted by atomic mass is 32.2. The normalized spacial score (nSPS) is 18.1. The van der Waals surface area contributed by atoms with E-state index in [9.17, 15) is 21.6 Å². The van der Waals surface area contributed by atoms with Crippen LogP contribution in [0.5, 0.6) is 0 Å². The van der Waals surface area contributed by atoms with Crippen LogP contribution in [0.4, 0.5) is 13.2 Å². The van der Waals surface area contributed by atoms with Gasteiger partial charge in [0.05, 0.1) is 11.4 Å². The fraction of sp³-hybridized carbons (Fsp3) is 0.278. The summed E-state index contributed by atoms with van der Waals surface area (Å²) < 4.78 is 66.9. The summed E-state index contributed by atoms with van der Waals surface area (Å²) in [6, 6.07) is 10.1. The monoisotopic (exact) mass is 382 g/mol. The number of aliphatic imine (C=N–C) groups is 1. The lowest BCUT2D eigenvalue weighted by molar-refractivity contribution is -0.159. The largest absolute Gasteiger partial charge is 0.411 e. The van der Waals surface area contributed by atoms with E-state index >= 15 is 0 Å². The maximum atomic E-state index is 13.5. The van der Waals surface area contributed by atoms with Crippen LogP contribution in [0.25, 0.3) is 0 Å². The third-order valence-electron chi connectivity index (χ3n) is 4.17. The number of rotatable bonds is 3. The first-order chi connectivity index (χ1) is 12.1. The van der Waals surface area contributed by atoms with Gasteiger partial charge in [-0.1, -0.05) is 47.5 Å². The maximum Gasteiger partial charge on any atom is 0.411 e. The molecule has 0 fully saturated rings. The van der Waals surface area contributed by atoms with Crippen LogP contribution in [-0.2, 0) is 10.0 Å². The summed E-state index contributed by atoms with van der Waals surface area (Å²) in [5.74, 6) is -0.187. The number of nitrogens with zero attached hydrogens (tertiary/aromatic N) is 2. The number of aryl methyl sites for hydroxylation is 2. The van der Waals surface area contributed by atoms with Crippen LogP contribution < -0.4 is 0 Å². The van der Waals surface area contributed by atoms with E-state index in [4.69, 9.17) is 0 Å². The summed E-state index contributed by atoms with van der Waals surface area (Å²) in [4.78, 5) is 3.72. The molecule has 0 N–H and O–H groups in total. The number of benzene rings is 2. The van der Waals surface area contributed by atoms with Crippen LogP contribution in [0.3, 0.4) is 0 Å². The number of amidine groups is 1. The number of halogens is 3. The molecule has 0 saturated carbocycles. The summed E-state index contributed by atoms with van der Waals surface area (Å²) in [6.45, 7) is 2.95. The molecular formula is C18H17F3N2O2S. The SMILES string of the molecule is Cc1ccc(C2=NCC(C(F)(F)F)N2S(=O)(=O)c2ccc(C)cc2)cc1. The van der Waals surface area contributed by atoms with E-state index < -0.39 is 28.8 Å². The number of sulfonamides is 1. The zero-order valence-electron chi connectivity index (χ0n) is 14.2. The minimum atomic E-state index is -4.73. The van der Waals surface area contributed by atoms with E-state index in [1.807, 2.05) is 6.92 Å². The first-order valence-electron chi connectivity index (χ1n) is 7.90. The molecule has 26 heavy (non-hydrogen) atoms. The molecule has 0 radical (unpaired) electrons. The highest BCUT2D eigenvalue weighted by Gasteiger charge is 2.52. The molecule has 2 aromatic rings. The lowest BCUT2D eigenvalue weighted by atomic mass is 10.1. The van der Waals surface area contributed by atoms with Crippen molar-refractivity contribution in [3.05, 3.63) is 65.2 Å². The Hall–Kier alpha value is -2.35. The van der Waals surface area contributed by atoms with Crippen LogP contribution in [0.15, 0.2) is 58.4 Å². The Balaban J connectivity index is 2.11. The van der Waals surface area contributed by atoms with Crippen molar-refractivity contribution in [1.29, 1.82) is 0 Å². The second-order valence-corrected chi connectivity index (χ2v) is 8.02. The zero-order chi connectivity index (χ0) is 19.1. The minimum absolute atomic E-state index is 0.187. The van der Waals surface area contributed by atoms with Crippen molar-refractivity contribution in [3.63, 3.8) is 0 Å². The highest BCUT2D eigenvalue weighted by molar-refractivity contribution is 7.89. The molecule has 8 heteroatoms. The highest BCUT2D eigenvalue weighted by Crippen LogP contribution is 2.34. The first kappa shape index (κ1) is 18.4. The van der Waals surface area contributed by atoms with Gasteiger partial charge in [-0.3, -0.25) is 4.99 Å². The van der Waals surface area contributed by atoms with Gasteiger partial charge >= 0.3 is 6.18 Å². The maximum absolute atomic E-state index is 13.5. The zero-order valence-corrected chi connectivity index (χ0v) is 15.0. The van der Waals surface area contributed by atoms with E-state index in [1.165, 1.54) is 12.1 Å². The Morgan fingerprint density at radius 1 is 0.962 bits per heavy atom. The average molecular weight is 382 g/mol. The Morgan fingerprint density at radius 2 is 1.46 bits per heavy atom. The van der Waals surface area contributed by atoms with Crippen molar-refractivity contribution in [1.82, 2.24) is 4.31 Å². The fourth-order valence-corrected chi connectivity index (χ4v) is 4.35. The minimum Gasteiger partial charge on any atom is -0.265 e. The topological polar surface area (TPSA) is 49.7 Å². The van der Waals surface area contributed by atoms with Gasteiger partial charge in [-0.15, -0.1) is 0 Å². The Kier molecular flexibility index (Phi) is 4.56. The smallest absolute Gasteiger partial charge is 0.265 e. The lowest BCUT2D eigenvalue weighted by Crippen LogP contribution is -2.49. The molecule has 0 spiro atoms. The van der Waals surface area contributed by atoms with E-state index in [0.29, 0.717) is 9.87 Å². The summed E-state index contributed by atoms with van der Waals surface area (Å²) >= 11 is 0. The van der Waals surface area contributed by atoms with Gasteiger partial charge in [-0.25, -0.2) is 12.7 Å². The van der Waals surface area contributed by atoms with Crippen LogP contribution in [0, 0.1) is 13.8 Å². The van der Waals surface area contributed by atoms with Crippen LogP contribution >= 0.6 is 0 Å². The van der Waals surface area contributed by atoms with E-state index in [1.54, 1.807) is 43.3 Å². The van der Waals surface area contributed by atoms with Gasteiger partial charge in [0.25, 0.3) is 10.0 Å². The molecule has 1 atom stereocenters. The molecule has 3 rings (SSSR count). The first-order valence-corrected chi connectivity index (χ1v) is 9.34. The van der Waals surface area contributed by atoms with Gasteiger partial charge in [0.15, 0.2) is 6.04 Å². The molecule has 1 heterocycles. The molecule has 4 nitrogen and oxygen atoms in total. The summed E-state index contributed by atoms with van der Waals surface area (Å²) in [5.41, 5.74) is 2.05. The molecular weight excluding hydrogens is 365 g/mol. The molecule has 2 aromatic carbocycles. The van der Waals surface area contributed by atoms with Gasteiger partial charge in [-0.05, 0) is 26.0 Å². The number of hydrogen-bond acceptors (Lipinski definition) is 3. The Labute approximate surface area is 150 Å². The molecule has 1 unspecified atom stereocenters. The summed E-state index contributed by atoms with van der Waals surface area (Å²) in [6.07, 6.45) is -4.73. The van der Waals surface area contributed by atoms with Crippen molar-refractivity contribution in [3.8, 4) is 0 Å². The second-order valence-electron chi connectivity index (χ2n) is 6.20. The third-order valence-corrected chi connectivity index (χ3v) is 5.98. The van der Waals surface area contributed by atoms with E-state index in [0.717, 1.165) is 11.1 Å². The molecule has 1 aliphatic rings. The van der Waals surface area contributed by atoms with Crippen molar-refractivity contribution < 1.29 is 21.6 Å².